The molecule has 1 amide bonds. The van der Waals surface area contributed by atoms with Gasteiger partial charge < -0.3 is 10.6 Å². The van der Waals surface area contributed by atoms with Crippen molar-refractivity contribution in [2.75, 3.05) is 16.4 Å². The topological polar surface area (TPSA) is 54.0 Å². The Balaban J connectivity index is 1.73. The predicted molar refractivity (Wildman–Crippen MR) is 92.8 cm³/mol. The minimum absolute atomic E-state index is 0.0435. The fourth-order valence-corrected chi connectivity index (χ4v) is 3.87. The summed E-state index contributed by atoms with van der Waals surface area (Å²) < 4.78 is 1.89. The number of nitrogens with one attached hydrogen (secondary N) is 2. The number of fused-ring (bicyclic) bond motifs is 1. The monoisotopic (exact) mass is 427 g/mol. The molecule has 0 atom stereocenters. The van der Waals surface area contributed by atoms with Crippen LogP contribution in [0, 0.1) is 0 Å². The van der Waals surface area contributed by atoms with Gasteiger partial charge in [0.1, 0.15) is 0 Å². The normalized spacial score (nSPS) is 13.5. The molecule has 0 saturated carbocycles. The summed E-state index contributed by atoms with van der Waals surface area (Å²) in [5, 5.41) is 6.20. The molecule has 7 heteroatoms. The first-order chi connectivity index (χ1) is 10.1. The highest BCUT2D eigenvalue weighted by molar-refractivity contribution is 9.11. The van der Waals surface area contributed by atoms with E-state index in [1.165, 1.54) is 0 Å². The smallest absolute Gasteiger partial charge is 0.234 e. The number of pyridine rings is 1. The Morgan fingerprint density at radius 2 is 2.19 bits per heavy atom. The highest BCUT2D eigenvalue weighted by atomic mass is 79.9. The molecule has 1 aromatic carbocycles. The first-order valence-corrected chi connectivity index (χ1v) is 8.79. The van der Waals surface area contributed by atoms with E-state index in [2.05, 4.69) is 47.5 Å². The van der Waals surface area contributed by atoms with E-state index >= 15 is 0 Å². The van der Waals surface area contributed by atoms with Crippen molar-refractivity contribution in [3.05, 3.63) is 45.1 Å². The van der Waals surface area contributed by atoms with Gasteiger partial charge in [0.15, 0.2) is 0 Å². The zero-order valence-corrected chi connectivity index (χ0v) is 14.8. The summed E-state index contributed by atoms with van der Waals surface area (Å²) >= 11 is 8.44. The highest BCUT2D eigenvalue weighted by Crippen LogP contribution is 2.33. The zero-order chi connectivity index (χ0) is 14.8. The third kappa shape index (κ3) is 3.59. The van der Waals surface area contributed by atoms with E-state index < -0.39 is 0 Å². The molecule has 0 fully saturated rings. The summed E-state index contributed by atoms with van der Waals surface area (Å²) in [7, 11) is 0. The number of carbonyl (C=O) groups excluding carboxylic acids is 1. The highest BCUT2D eigenvalue weighted by Gasteiger charge is 2.15. The summed E-state index contributed by atoms with van der Waals surface area (Å²) in [6, 6.07) is 7.95. The Kier molecular flexibility index (Phi) is 4.51. The fraction of sp³-hybridized carbons (Fsp3) is 0.143. The number of aromatic nitrogens is 1. The van der Waals surface area contributed by atoms with Gasteiger partial charge in [0.2, 0.25) is 5.91 Å². The van der Waals surface area contributed by atoms with Crippen molar-refractivity contribution in [1.82, 2.24) is 4.98 Å². The molecule has 0 unspecified atom stereocenters. The van der Waals surface area contributed by atoms with Gasteiger partial charge in [-0.15, -0.1) is 11.8 Å². The van der Waals surface area contributed by atoms with Crippen molar-refractivity contribution in [3.8, 4) is 0 Å². The summed E-state index contributed by atoms with van der Waals surface area (Å²) in [5.74, 6) is 0.525. The van der Waals surface area contributed by atoms with E-state index in [4.69, 9.17) is 0 Å². The molecule has 0 bridgehead atoms. The molecule has 21 heavy (non-hydrogen) atoms. The number of thioether (sulfide) groups is 1. The largest absolute Gasteiger partial charge is 0.379 e. The molecule has 0 saturated heterocycles. The first-order valence-electron chi connectivity index (χ1n) is 6.22. The van der Waals surface area contributed by atoms with Gasteiger partial charge in [-0.25, -0.2) is 0 Å². The third-order valence-corrected chi connectivity index (χ3v) is 5.15. The van der Waals surface area contributed by atoms with Crippen LogP contribution in [0.5, 0.6) is 0 Å². The van der Waals surface area contributed by atoms with E-state index in [1.54, 1.807) is 18.0 Å². The minimum Gasteiger partial charge on any atom is -0.379 e. The Morgan fingerprint density at radius 1 is 1.33 bits per heavy atom. The van der Waals surface area contributed by atoms with Crippen LogP contribution in [0.15, 0.2) is 44.3 Å². The lowest BCUT2D eigenvalue weighted by atomic mass is 10.2. The summed E-state index contributed by atoms with van der Waals surface area (Å²) in [6.07, 6.45) is 1.77. The van der Waals surface area contributed by atoms with E-state index in [-0.39, 0.29) is 5.91 Å². The van der Waals surface area contributed by atoms with Crippen LogP contribution in [0.3, 0.4) is 0 Å². The van der Waals surface area contributed by atoms with Gasteiger partial charge in [-0.2, -0.15) is 0 Å². The Bertz CT molecular complexity index is 709. The summed E-state index contributed by atoms with van der Waals surface area (Å²) in [4.78, 5) is 16.9. The number of rotatable bonds is 3. The molecule has 3 rings (SSSR count). The number of carbonyl (C=O) groups is 1. The second-order valence-electron chi connectivity index (χ2n) is 4.48. The average molecular weight is 429 g/mol. The van der Waals surface area contributed by atoms with Crippen LogP contribution in [0.1, 0.15) is 5.69 Å². The maximum Gasteiger partial charge on any atom is 0.234 e. The fourth-order valence-electron chi connectivity index (χ4n) is 1.95. The number of amides is 1. The van der Waals surface area contributed by atoms with Crippen molar-refractivity contribution in [1.29, 1.82) is 0 Å². The molecule has 4 nitrogen and oxygen atoms in total. The van der Waals surface area contributed by atoms with Crippen molar-refractivity contribution < 1.29 is 4.79 Å². The van der Waals surface area contributed by atoms with Crippen LogP contribution in [-0.4, -0.2) is 16.6 Å². The van der Waals surface area contributed by atoms with E-state index in [9.17, 15) is 4.79 Å². The lowest BCUT2D eigenvalue weighted by molar-refractivity contribution is -0.113. The number of hydrogen-bond donors (Lipinski definition) is 2. The number of halogens is 2. The van der Waals surface area contributed by atoms with Crippen molar-refractivity contribution in [2.45, 2.75) is 11.4 Å². The first kappa shape index (κ1) is 14.9. The second kappa shape index (κ2) is 6.37. The molecule has 0 spiro atoms. The van der Waals surface area contributed by atoms with Crippen molar-refractivity contribution in [3.63, 3.8) is 0 Å². The van der Waals surface area contributed by atoms with Gasteiger partial charge in [-0.1, -0.05) is 0 Å². The van der Waals surface area contributed by atoms with Gasteiger partial charge in [-0.05, 0) is 56.1 Å². The average Bonchev–Trinajstić information content (AvgIpc) is 2.46. The van der Waals surface area contributed by atoms with Gasteiger partial charge in [0.25, 0.3) is 0 Å². The Hall–Kier alpha value is -1.05. The number of hydrogen-bond acceptors (Lipinski definition) is 4. The van der Waals surface area contributed by atoms with E-state index in [1.807, 2.05) is 24.3 Å². The van der Waals surface area contributed by atoms with E-state index in [0.717, 1.165) is 30.9 Å². The molecule has 2 aromatic rings. The second-order valence-corrected chi connectivity index (χ2v) is 7.27. The van der Waals surface area contributed by atoms with Gasteiger partial charge in [-0.3, -0.25) is 9.78 Å². The van der Waals surface area contributed by atoms with Gasteiger partial charge in [0, 0.05) is 25.7 Å². The van der Waals surface area contributed by atoms with Crippen molar-refractivity contribution in [2.24, 2.45) is 0 Å². The molecular weight excluding hydrogens is 418 g/mol. The lowest BCUT2D eigenvalue weighted by Crippen LogP contribution is -2.18. The van der Waals surface area contributed by atoms with Crippen LogP contribution in [0.25, 0.3) is 0 Å². The zero-order valence-electron chi connectivity index (χ0n) is 10.8. The molecule has 108 valence electrons. The SMILES string of the molecule is O=C1CSc2ccc(NCc3ncc(Br)cc3Br)cc2N1. The Morgan fingerprint density at radius 3 is 3.00 bits per heavy atom. The molecule has 1 aliphatic rings. The maximum absolute atomic E-state index is 11.4. The minimum atomic E-state index is 0.0435. The van der Waals surface area contributed by atoms with Crippen molar-refractivity contribution >= 4 is 60.9 Å². The van der Waals surface area contributed by atoms with Crippen LogP contribution in [0.4, 0.5) is 11.4 Å². The lowest BCUT2D eigenvalue weighted by Gasteiger charge is -2.17. The van der Waals surface area contributed by atoms with Crippen LogP contribution in [-0.2, 0) is 11.3 Å². The maximum atomic E-state index is 11.4. The molecule has 0 aliphatic carbocycles. The molecular formula is C14H11Br2N3OS. The standard InChI is InChI=1S/C14H11Br2N3OS/c15-8-3-10(16)12(18-5-8)6-17-9-1-2-13-11(4-9)19-14(20)7-21-13/h1-5,17H,6-7H2,(H,19,20). The molecule has 0 radical (unpaired) electrons. The third-order valence-electron chi connectivity index (χ3n) is 2.96. The number of nitrogens with zero attached hydrogens (tertiary/aromatic N) is 1. The van der Waals surface area contributed by atoms with Gasteiger partial charge >= 0.3 is 0 Å². The number of benzene rings is 1. The van der Waals surface area contributed by atoms with E-state index in [0.29, 0.717) is 12.3 Å². The molecule has 2 N–H and O–H groups in total. The quantitative estimate of drug-likeness (QED) is 0.766. The Labute approximate surface area is 143 Å². The molecule has 1 aromatic heterocycles. The number of anilines is 2. The van der Waals surface area contributed by atoms with Gasteiger partial charge in [0.05, 0.1) is 23.7 Å². The van der Waals surface area contributed by atoms with Crippen LogP contribution in [0.2, 0.25) is 0 Å². The molecule has 1 aliphatic heterocycles. The molecule has 2 heterocycles. The summed E-state index contributed by atoms with van der Waals surface area (Å²) in [5.41, 5.74) is 2.74. The van der Waals surface area contributed by atoms with Crippen LogP contribution < -0.4 is 10.6 Å². The summed E-state index contributed by atoms with van der Waals surface area (Å²) in [6.45, 7) is 0.605. The van der Waals surface area contributed by atoms with Crippen LogP contribution >= 0.6 is 43.6 Å². The predicted octanol–water partition coefficient (Wildman–Crippen LogP) is 4.26.